The molecule has 0 saturated carbocycles. The first kappa shape index (κ1) is 19.5. The number of aryl methyl sites for hydroxylation is 1. The Morgan fingerprint density at radius 2 is 1.86 bits per heavy atom. The summed E-state index contributed by atoms with van der Waals surface area (Å²) in [5, 5.41) is 0.404. The second kappa shape index (κ2) is 8.26. The highest BCUT2D eigenvalue weighted by molar-refractivity contribution is 6.31. The molecule has 4 rings (SSSR count). The number of aromatic nitrogens is 2. The van der Waals surface area contributed by atoms with Crippen molar-refractivity contribution in [1.29, 1.82) is 0 Å². The SMILES string of the molecule is CCC(Oc1cccc(C)c1)c1nc2ccccc2n1Cc1c(F)cccc1Cl. The maximum atomic E-state index is 14.5. The van der Waals surface area contributed by atoms with Gasteiger partial charge in [0.05, 0.1) is 17.6 Å². The molecule has 1 aromatic heterocycles. The molecule has 0 amide bonds. The molecule has 3 aromatic carbocycles. The van der Waals surface area contributed by atoms with Crippen molar-refractivity contribution in [3.8, 4) is 5.75 Å². The van der Waals surface area contributed by atoms with E-state index in [-0.39, 0.29) is 18.5 Å². The highest BCUT2D eigenvalue weighted by Crippen LogP contribution is 2.30. The third-order valence-electron chi connectivity index (χ3n) is 4.99. The van der Waals surface area contributed by atoms with Crippen molar-refractivity contribution >= 4 is 22.6 Å². The summed E-state index contributed by atoms with van der Waals surface area (Å²) in [6.45, 7) is 4.37. The quantitative estimate of drug-likeness (QED) is 0.354. The number of halogens is 2. The number of fused-ring (bicyclic) bond motifs is 1. The Morgan fingerprint density at radius 3 is 2.62 bits per heavy atom. The largest absolute Gasteiger partial charge is 0.483 e. The zero-order valence-electron chi connectivity index (χ0n) is 16.4. The van der Waals surface area contributed by atoms with Crippen molar-refractivity contribution in [3.05, 3.63) is 94.5 Å². The topological polar surface area (TPSA) is 27.1 Å². The van der Waals surface area contributed by atoms with Crippen molar-refractivity contribution in [1.82, 2.24) is 9.55 Å². The van der Waals surface area contributed by atoms with Crippen LogP contribution in [0.1, 0.15) is 36.4 Å². The average Bonchev–Trinajstić information content (AvgIpc) is 3.07. The summed E-state index contributed by atoms with van der Waals surface area (Å²) >= 11 is 6.31. The second-order valence-corrected chi connectivity index (χ2v) is 7.48. The van der Waals surface area contributed by atoms with E-state index < -0.39 is 0 Å². The predicted octanol–water partition coefficient (Wildman–Crippen LogP) is 6.72. The number of para-hydroxylation sites is 2. The van der Waals surface area contributed by atoms with Crippen LogP contribution < -0.4 is 4.74 Å². The molecule has 0 bridgehead atoms. The summed E-state index contributed by atoms with van der Waals surface area (Å²) in [5.41, 5.74) is 3.35. The van der Waals surface area contributed by atoms with E-state index in [0.717, 1.165) is 34.6 Å². The van der Waals surface area contributed by atoms with E-state index in [1.807, 2.05) is 60.0 Å². The highest BCUT2D eigenvalue weighted by atomic mass is 35.5. The lowest BCUT2D eigenvalue weighted by Crippen LogP contribution is -2.15. The number of ether oxygens (including phenoxy) is 1. The van der Waals surface area contributed by atoms with Crippen LogP contribution in [0.25, 0.3) is 11.0 Å². The first-order chi connectivity index (χ1) is 14.1. The van der Waals surface area contributed by atoms with E-state index in [9.17, 15) is 4.39 Å². The van der Waals surface area contributed by atoms with E-state index in [4.69, 9.17) is 21.3 Å². The summed E-state index contributed by atoms with van der Waals surface area (Å²) in [5.74, 6) is 1.22. The Balaban J connectivity index is 1.80. The third-order valence-corrected chi connectivity index (χ3v) is 5.34. The van der Waals surface area contributed by atoms with Crippen molar-refractivity contribution < 1.29 is 9.13 Å². The molecular weight excluding hydrogens is 387 g/mol. The molecule has 1 heterocycles. The van der Waals surface area contributed by atoms with E-state index in [1.54, 1.807) is 12.1 Å². The van der Waals surface area contributed by atoms with Gasteiger partial charge in [-0.25, -0.2) is 9.37 Å². The van der Waals surface area contributed by atoms with Gasteiger partial charge in [-0.2, -0.15) is 0 Å². The molecule has 5 heteroatoms. The number of benzene rings is 3. The average molecular weight is 409 g/mol. The van der Waals surface area contributed by atoms with Gasteiger partial charge in [0, 0.05) is 10.6 Å². The Hall–Kier alpha value is -2.85. The lowest BCUT2D eigenvalue weighted by atomic mass is 10.2. The first-order valence-electron chi connectivity index (χ1n) is 9.68. The van der Waals surface area contributed by atoms with E-state index >= 15 is 0 Å². The van der Waals surface area contributed by atoms with Gasteiger partial charge >= 0.3 is 0 Å². The fourth-order valence-electron chi connectivity index (χ4n) is 3.52. The van der Waals surface area contributed by atoms with Crippen LogP contribution in [-0.2, 0) is 6.54 Å². The van der Waals surface area contributed by atoms with Gasteiger partial charge in [0.2, 0.25) is 0 Å². The molecule has 0 fully saturated rings. The van der Waals surface area contributed by atoms with Gasteiger partial charge in [-0.15, -0.1) is 0 Å². The Labute approximate surface area is 174 Å². The summed E-state index contributed by atoms with van der Waals surface area (Å²) in [6.07, 6.45) is 0.456. The zero-order valence-corrected chi connectivity index (χ0v) is 17.2. The number of imidazole rings is 1. The molecule has 148 valence electrons. The van der Waals surface area contributed by atoms with Gasteiger partial charge in [-0.3, -0.25) is 0 Å². The lowest BCUT2D eigenvalue weighted by molar-refractivity contribution is 0.187. The maximum Gasteiger partial charge on any atom is 0.156 e. The molecule has 0 N–H and O–H groups in total. The maximum absolute atomic E-state index is 14.5. The van der Waals surface area contributed by atoms with E-state index in [2.05, 4.69) is 6.92 Å². The van der Waals surface area contributed by atoms with E-state index in [1.165, 1.54) is 6.07 Å². The molecule has 4 aromatic rings. The molecule has 0 aliphatic carbocycles. The summed E-state index contributed by atoms with van der Waals surface area (Å²) in [4.78, 5) is 4.83. The van der Waals surface area contributed by atoms with Crippen molar-refractivity contribution in [2.75, 3.05) is 0 Å². The Kier molecular flexibility index (Phi) is 5.54. The van der Waals surface area contributed by atoms with Crippen LogP contribution >= 0.6 is 11.6 Å². The highest BCUT2D eigenvalue weighted by Gasteiger charge is 2.22. The molecule has 0 radical (unpaired) electrons. The van der Waals surface area contributed by atoms with Crippen molar-refractivity contribution in [2.45, 2.75) is 32.9 Å². The van der Waals surface area contributed by atoms with Crippen LogP contribution in [0.2, 0.25) is 5.02 Å². The zero-order chi connectivity index (χ0) is 20.4. The molecule has 0 saturated heterocycles. The molecular formula is C24H22ClFN2O. The van der Waals surface area contributed by atoms with Gasteiger partial charge < -0.3 is 9.30 Å². The van der Waals surface area contributed by atoms with Gasteiger partial charge in [0.25, 0.3) is 0 Å². The molecule has 0 aliphatic heterocycles. The standard InChI is InChI=1S/C24H22ClFN2O/c1-3-23(29-17-9-6-8-16(2)14-17)24-27-21-12-4-5-13-22(21)28(24)15-18-19(25)10-7-11-20(18)26/h4-14,23H,3,15H2,1-2H3. The Bertz CT molecular complexity index is 1130. The third kappa shape index (κ3) is 3.99. The lowest BCUT2D eigenvalue weighted by Gasteiger charge is -2.20. The number of nitrogens with zero attached hydrogens (tertiary/aromatic N) is 2. The van der Waals surface area contributed by atoms with Crippen molar-refractivity contribution in [3.63, 3.8) is 0 Å². The Morgan fingerprint density at radius 1 is 1.07 bits per heavy atom. The van der Waals surface area contributed by atoms with Gasteiger partial charge in [0.15, 0.2) is 11.9 Å². The molecule has 0 aliphatic rings. The molecule has 0 spiro atoms. The minimum Gasteiger partial charge on any atom is -0.483 e. The van der Waals surface area contributed by atoms with Gasteiger partial charge in [-0.1, -0.05) is 48.9 Å². The van der Waals surface area contributed by atoms with Crippen LogP contribution in [0.5, 0.6) is 5.75 Å². The second-order valence-electron chi connectivity index (χ2n) is 7.08. The van der Waals surface area contributed by atoms with E-state index in [0.29, 0.717) is 10.6 Å². The van der Waals surface area contributed by atoms with Crippen LogP contribution in [-0.4, -0.2) is 9.55 Å². The number of hydrogen-bond acceptors (Lipinski definition) is 2. The first-order valence-corrected chi connectivity index (χ1v) is 10.1. The van der Waals surface area contributed by atoms with Gasteiger partial charge in [-0.05, 0) is 55.3 Å². The molecule has 29 heavy (non-hydrogen) atoms. The number of rotatable bonds is 6. The monoisotopic (exact) mass is 408 g/mol. The predicted molar refractivity (Wildman–Crippen MR) is 115 cm³/mol. The smallest absolute Gasteiger partial charge is 0.156 e. The summed E-state index contributed by atoms with van der Waals surface area (Å²) in [7, 11) is 0. The normalized spacial score (nSPS) is 12.3. The minimum absolute atomic E-state index is 0.269. The summed E-state index contributed by atoms with van der Waals surface area (Å²) in [6, 6.07) is 20.5. The minimum atomic E-state index is -0.325. The molecule has 1 unspecified atom stereocenters. The van der Waals surface area contributed by atoms with Crippen LogP contribution in [0, 0.1) is 12.7 Å². The number of hydrogen-bond donors (Lipinski definition) is 0. The fraction of sp³-hybridized carbons (Fsp3) is 0.208. The molecule has 3 nitrogen and oxygen atoms in total. The van der Waals surface area contributed by atoms with Crippen LogP contribution in [0.3, 0.4) is 0 Å². The van der Waals surface area contributed by atoms with Gasteiger partial charge in [0.1, 0.15) is 11.6 Å². The summed E-state index contributed by atoms with van der Waals surface area (Å²) < 4.78 is 22.8. The van der Waals surface area contributed by atoms with Crippen molar-refractivity contribution in [2.24, 2.45) is 0 Å². The molecule has 1 atom stereocenters. The fourth-order valence-corrected chi connectivity index (χ4v) is 3.74. The van der Waals surface area contributed by atoms with Crippen LogP contribution in [0.4, 0.5) is 4.39 Å². The van der Waals surface area contributed by atoms with Crippen LogP contribution in [0.15, 0.2) is 66.7 Å².